The molecule has 110 valence electrons. The van der Waals surface area contributed by atoms with Gasteiger partial charge in [-0.15, -0.1) is 0 Å². The lowest BCUT2D eigenvalue weighted by Crippen LogP contribution is -2.32. The van der Waals surface area contributed by atoms with Crippen LogP contribution in [-0.2, 0) is 6.54 Å². The van der Waals surface area contributed by atoms with Crippen LogP contribution in [0.4, 0.5) is 0 Å². The minimum absolute atomic E-state index is 0.200. The third kappa shape index (κ3) is 3.11. The summed E-state index contributed by atoms with van der Waals surface area (Å²) in [6.07, 6.45) is 7.46. The number of H-pyrrole nitrogens is 1. The Balaban J connectivity index is 1.59. The van der Waals surface area contributed by atoms with Crippen molar-refractivity contribution in [2.45, 2.75) is 25.3 Å². The van der Waals surface area contributed by atoms with Crippen LogP contribution in [0.5, 0.6) is 0 Å². The quantitative estimate of drug-likeness (QED) is 0.896. The molecule has 0 aliphatic carbocycles. The highest BCUT2D eigenvalue weighted by atomic mass is 16.4. The van der Waals surface area contributed by atoms with Gasteiger partial charge in [0, 0.05) is 24.5 Å². The van der Waals surface area contributed by atoms with E-state index in [1.807, 2.05) is 12.4 Å². The summed E-state index contributed by atoms with van der Waals surface area (Å²) < 4.78 is 0. The van der Waals surface area contributed by atoms with Crippen LogP contribution >= 0.6 is 0 Å². The number of carboxylic acids is 1. The molecule has 21 heavy (non-hydrogen) atoms. The molecule has 1 aliphatic heterocycles. The molecule has 1 saturated heterocycles. The van der Waals surface area contributed by atoms with E-state index in [-0.39, 0.29) is 5.69 Å². The SMILES string of the molecule is O=C(O)c1[nH]ncc1CN1CCC(c2ccncc2)CC1. The van der Waals surface area contributed by atoms with Crippen molar-refractivity contribution < 1.29 is 9.90 Å². The number of carboxylic acid groups (broad SMARTS) is 1. The average Bonchev–Trinajstić information content (AvgIpc) is 2.97. The van der Waals surface area contributed by atoms with Gasteiger partial charge in [0.15, 0.2) is 0 Å². The van der Waals surface area contributed by atoms with E-state index in [9.17, 15) is 4.79 Å². The van der Waals surface area contributed by atoms with Crippen LogP contribution in [0.1, 0.15) is 40.4 Å². The zero-order chi connectivity index (χ0) is 14.7. The van der Waals surface area contributed by atoms with Crippen molar-refractivity contribution in [3.63, 3.8) is 0 Å². The number of carbonyl (C=O) groups is 1. The lowest BCUT2D eigenvalue weighted by Gasteiger charge is -2.31. The van der Waals surface area contributed by atoms with Crippen LogP contribution in [0.15, 0.2) is 30.7 Å². The van der Waals surface area contributed by atoms with Crippen LogP contribution in [0.25, 0.3) is 0 Å². The van der Waals surface area contributed by atoms with Crippen molar-refractivity contribution in [2.75, 3.05) is 13.1 Å². The van der Waals surface area contributed by atoms with Gasteiger partial charge in [0.2, 0.25) is 0 Å². The summed E-state index contributed by atoms with van der Waals surface area (Å²) in [6, 6.07) is 4.16. The number of piperidine rings is 1. The predicted molar refractivity (Wildman–Crippen MR) is 77.0 cm³/mol. The summed E-state index contributed by atoms with van der Waals surface area (Å²) in [5.41, 5.74) is 2.30. The fourth-order valence-electron chi connectivity index (χ4n) is 2.92. The number of aromatic carboxylic acids is 1. The Kier molecular flexibility index (Phi) is 3.96. The summed E-state index contributed by atoms with van der Waals surface area (Å²) in [7, 11) is 0. The first-order chi connectivity index (χ1) is 10.2. The van der Waals surface area contributed by atoms with Crippen molar-refractivity contribution in [2.24, 2.45) is 0 Å². The summed E-state index contributed by atoms with van der Waals surface area (Å²) >= 11 is 0. The Bertz CT molecular complexity index is 603. The molecule has 1 fully saturated rings. The molecule has 0 aromatic carbocycles. The standard InChI is InChI=1S/C15H18N4O2/c20-15(21)14-13(9-17-18-14)10-19-7-3-12(4-8-19)11-1-5-16-6-2-11/h1-2,5-6,9,12H,3-4,7-8,10H2,(H,17,18)(H,20,21). The van der Waals surface area contributed by atoms with E-state index in [0.29, 0.717) is 12.5 Å². The van der Waals surface area contributed by atoms with E-state index in [0.717, 1.165) is 31.5 Å². The largest absolute Gasteiger partial charge is 0.477 e. The van der Waals surface area contributed by atoms with Crippen LogP contribution < -0.4 is 0 Å². The van der Waals surface area contributed by atoms with Crippen molar-refractivity contribution in [1.29, 1.82) is 0 Å². The molecule has 0 unspecified atom stereocenters. The molecular formula is C15H18N4O2. The molecule has 2 aromatic heterocycles. The van der Waals surface area contributed by atoms with E-state index in [1.54, 1.807) is 6.20 Å². The number of nitrogens with one attached hydrogen (secondary N) is 1. The number of aromatic nitrogens is 3. The van der Waals surface area contributed by atoms with Gasteiger partial charge < -0.3 is 5.11 Å². The molecule has 6 heteroatoms. The van der Waals surface area contributed by atoms with Crippen LogP contribution in [0, 0.1) is 0 Å². The fraction of sp³-hybridized carbons (Fsp3) is 0.400. The van der Waals surface area contributed by atoms with Gasteiger partial charge in [-0.3, -0.25) is 15.0 Å². The van der Waals surface area contributed by atoms with Gasteiger partial charge in [0.05, 0.1) is 6.20 Å². The molecule has 1 aliphatic rings. The summed E-state index contributed by atoms with van der Waals surface area (Å²) in [5.74, 6) is -0.373. The normalized spacial score (nSPS) is 17.0. The van der Waals surface area contributed by atoms with Crippen LogP contribution in [0.2, 0.25) is 0 Å². The minimum Gasteiger partial charge on any atom is -0.477 e. The molecule has 3 heterocycles. The van der Waals surface area contributed by atoms with E-state index in [2.05, 4.69) is 32.2 Å². The molecule has 2 N–H and O–H groups in total. The second-order valence-corrected chi connectivity index (χ2v) is 5.41. The molecule has 0 atom stereocenters. The molecule has 6 nitrogen and oxygen atoms in total. The number of aromatic amines is 1. The third-order valence-electron chi connectivity index (χ3n) is 4.09. The van der Waals surface area contributed by atoms with E-state index >= 15 is 0 Å². The van der Waals surface area contributed by atoms with Gasteiger partial charge in [-0.25, -0.2) is 4.79 Å². The van der Waals surface area contributed by atoms with Gasteiger partial charge >= 0.3 is 5.97 Å². The van der Waals surface area contributed by atoms with Crippen LogP contribution in [-0.4, -0.2) is 44.2 Å². The van der Waals surface area contributed by atoms with Gasteiger partial charge in [-0.1, -0.05) is 0 Å². The smallest absolute Gasteiger partial charge is 0.354 e. The number of hydrogen-bond acceptors (Lipinski definition) is 4. The second kappa shape index (κ2) is 6.05. The number of likely N-dealkylation sites (tertiary alicyclic amines) is 1. The highest BCUT2D eigenvalue weighted by Crippen LogP contribution is 2.28. The highest BCUT2D eigenvalue weighted by molar-refractivity contribution is 5.86. The Morgan fingerprint density at radius 3 is 2.71 bits per heavy atom. The first-order valence-corrected chi connectivity index (χ1v) is 7.12. The zero-order valence-corrected chi connectivity index (χ0v) is 11.7. The summed E-state index contributed by atoms with van der Waals surface area (Å²) in [4.78, 5) is 17.4. The Labute approximate surface area is 122 Å². The number of hydrogen-bond donors (Lipinski definition) is 2. The van der Waals surface area contributed by atoms with E-state index < -0.39 is 5.97 Å². The first-order valence-electron chi connectivity index (χ1n) is 7.12. The molecule has 0 radical (unpaired) electrons. The average molecular weight is 286 g/mol. The van der Waals surface area contributed by atoms with E-state index in [4.69, 9.17) is 5.11 Å². The maximum atomic E-state index is 11.1. The lowest BCUT2D eigenvalue weighted by molar-refractivity contribution is 0.0687. The van der Waals surface area contributed by atoms with Gasteiger partial charge in [0.1, 0.15) is 5.69 Å². The summed E-state index contributed by atoms with van der Waals surface area (Å²) in [6.45, 7) is 2.58. The van der Waals surface area contributed by atoms with Gasteiger partial charge in [-0.05, 0) is 49.5 Å². The topological polar surface area (TPSA) is 82.1 Å². The Morgan fingerprint density at radius 2 is 2.05 bits per heavy atom. The van der Waals surface area contributed by atoms with Crippen molar-refractivity contribution in [3.05, 3.63) is 47.5 Å². The molecule has 0 amide bonds. The zero-order valence-electron chi connectivity index (χ0n) is 11.7. The summed E-state index contributed by atoms with van der Waals surface area (Å²) in [5, 5.41) is 15.5. The first kappa shape index (κ1) is 13.8. The Morgan fingerprint density at radius 1 is 1.33 bits per heavy atom. The van der Waals surface area contributed by atoms with Crippen molar-refractivity contribution >= 4 is 5.97 Å². The predicted octanol–water partition coefficient (Wildman–Crippen LogP) is 1.88. The molecule has 0 bridgehead atoms. The fourth-order valence-corrected chi connectivity index (χ4v) is 2.92. The van der Waals surface area contributed by atoms with Crippen molar-refractivity contribution in [1.82, 2.24) is 20.1 Å². The number of nitrogens with zero attached hydrogens (tertiary/aromatic N) is 3. The number of rotatable bonds is 4. The van der Waals surface area contributed by atoms with Gasteiger partial charge in [-0.2, -0.15) is 5.10 Å². The lowest BCUT2D eigenvalue weighted by atomic mass is 9.90. The third-order valence-corrected chi connectivity index (χ3v) is 4.09. The minimum atomic E-state index is -0.950. The van der Waals surface area contributed by atoms with E-state index in [1.165, 1.54) is 5.56 Å². The molecule has 2 aromatic rings. The highest BCUT2D eigenvalue weighted by Gasteiger charge is 2.22. The molecule has 0 saturated carbocycles. The van der Waals surface area contributed by atoms with Crippen molar-refractivity contribution in [3.8, 4) is 0 Å². The van der Waals surface area contributed by atoms with Gasteiger partial charge in [0.25, 0.3) is 0 Å². The maximum absolute atomic E-state index is 11.1. The maximum Gasteiger partial charge on any atom is 0.354 e. The molecule has 3 rings (SSSR count). The molecule has 0 spiro atoms. The second-order valence-electron chi connectivity index (χ2n) is 5.41. The van der Waals surface area contributed by atoms with Crippen LogP contribution in [0.3, 0.4) is 0 Å². The molecular weight excluding hydrogens is 268 g/mol. The Hall–Kier alpha value is -2.21. The monoisotopic (exact) mass is 286 g/mol. The number of pyridine rings is 1.